The number of hydrogen-bond donors (Lipinski definition) is 1. The minimum Gasteiger partial charge on any atom is -0.486 e. The number of aliphatic imine (C=N–C) groups is 1. The van der Waals surface area contributed by atoms with Gasteiger partial charge in [0.2, 0.25) is 0 Å². The van der Waals surface area contributed by atoms with E-state index in [1.807, 2.05) is 19.6 Å². The van der Waals surface area contributed by atoms with Crippen LogP contribution >= 0.6 is 0 Å². The van der Waals surface area contributed by atoms with Crippen molar-refractivity contribution in [2.24, 2.45) is 10.9 Å². The number of rotatable bonds is 4. The number of ether oxygens (including phenoxy) is 2. The van der Waals surface area contributed by atoms with E-state index in [0.717, 1.165) is 43.5 Å². The van der Waals surface area contributed by atoms with Gasteiger partial charge in [-0.25, -0.2) is 4.98 Å². The van der Waals surface area contributed by atoms with Gasteiger partial charge in [0.1, 0.15) is 13.2 Å². The summed E-state index contributed by atoms with van der Waals surface area (Å²) in [4.78, 5) is 11.3. The second kappa shape index (κ2) is 9.04. The Balaban J connectivity index is 1.31. The molecule has 0 amide bonds. The number of hydrogen-bond acceptors (Lipinski definition) is 4. The quantitative estimate of drug-likeness (QED) is 0.585. The Morgan fingerprint density at radius 1 is 1.22 bits per heavy atom. The molecule has 7 nitrogen and oxygen atoms in total. The summed E-state index contributed by atoms with van der Waals surface area (Å²) in [6.07, 6.45) is 11.9. The van der Waals surface area contributed by atoms with Crippen LogP contribution in [0.2, 0.25) is 0 Å². The molecule has 0 spiro atoms. The van der Waals surface area contributed by atoms with E-state index < -0.39 is 0 Å². The molecule has 2 aliphatic heterocycles. The maximum absolute atomic E-state index is 5.88. The first-order valence-corrected chi connectivity index (χ1v) is 12.0. The predicted octanol–water partition coefficient (Wildman–Crippen LogP) is 3.62. The molecule has 2 aromatic rings. The molecule has 3 heterocycles. The molecule has 7 heteroatoms. The Labute approximate surface area is 190 Å². The fourth-order valence-electron chi connectivity index (χ4n) is 5.67. The van der Waals surface area contributed by atoms with Crippen LogP contribution in [0, 0.1) is 5.92 Å². The molecule has 1 N–H and O–H groups in total. The van der Waals surface area contributed by atoms with Gasteiger partial charge < -0.3 is 24.3 Å². The molecule has 0 radical (unpaired) electrons. The lowest BCUT2D eigenvalue weighted by atomic mass is 9.78. The van der Waals surface area contributed by atoms with Crippen LogP contribution in [-0.2, 0) is 5.41 Å². The van der Waals surface area contributed by atoms with E-state index in [9.17, 15) is 0 Å². The largest absolute Gasteiger partial charge is 0.486 e. The van der Waals surface area contributed by atoms with Gasteiger partial charge in [0.25, 0.3) is 0 Å². The van der Waals surface area contributed by atoms with Crippen molar-refractivity contribution in [1.29, 1.82) is 0 Å². The smallest absolute Gasteiger partial charge is 0.193 e. The van der Waals surface area contributed by atoms with Crippen LogP contribution in [-0.4, -0.2) is 60.3 Å². The van der Waals surface area contributed by atoms with Gasteiger partial charge in [-0.1, -0.05) is 25.8 Å². The van der Waals surface area contributed by atoms with Gasteiger partial charge in [0.15, 0.2) is 17.5 Å². The fourth-order valence-corrected chi connectivity index (χ4v) is 5.67. The molecule has 32 heavy (non-hydrogen) atoms. The van der Waals surface area contributed by atoms with E-state index >= 15 is 0 Å². The van der Waals surface area contributed by atoms with Crippen molar-refractivity contribution in [3.05, 3.63) is 42.5 Å². The highest BCUT2D eigenvalue weighted by Gasteiger charge is 2.37. The van der Waals surface area contributed by atoms with Crippen molar-refractivity contribution < 1.29 is 9.47 Å². The van der Waals surface area contributed by atoms with E-state index in [1.54, 1.807) is 0 Å². The number of fused-ring (bicyclic) bond motifs is 1. The second-order valence-electron chi connectivity index (χ2n) is 9.54. The van der Waals surface area contributed by atoms with Crippen molar-refractivity contribution in [3.63, 3.8) is 0 Å². The Bertz CT molecular complexity index is 936. The van der Waals surface area contributed by atoms with Gasteiger partial charge in [-0.3, -0.25) is 4.99 Å². The van der Waals surface area contributed by atoms with Crippen molar-refractivity contribution in [2.75, 3.05) is 39.9 Å². The Hall–Kier alpha value is -2.70. The lowest BCUT2D eigenvalue weighted by Crippen LogP contribution is -2.51. The number of likely N-dealkylation sites (tertiary alicyclic amines) is 1. The number of nitrogens with zero attached hydrogens (tertiary/aromatic N) is 4. The van der Waals surface area contributed by atoms with Crippen molar-refractivity contribution in [2.45, 2.75) is 50.5 Å². The summed E-state index contributed by atoms with van der Waals surface area (Å²) < 4.78 is 13.9. The van der Waals surface area contributed by atoms with Gasteiger partial charge >= 0.3 is 0 Å². The SMILES string of the molecule is CN=C(NCC1(c2ccc3c(c2)OCCO3)CCCC1)N1CCC(C)C(n2ccnc2)C1. The molecule has 1 aliphatic carbocycles. The average molecular weight is 438 g/mol. The van der Waals surface area contributed by atoms with E-state index in [4.69, 9.17) is 9.47 Å². The normalized spacial score (nSPS) is 25.1. The zero-order chi connectivity index (χ0) is 22.0. The molecule has 2 atom stereocenters. The van der Waals surface area contributed by atoms with Crippen LogP contribution in [0.3, 0.4) is 0 Å². The molecule has 2 fully saturated rings. The Kier molecular flexibility index (Phi) is 5.98. The molecule has 1 aromatic carbocycles. The van der Waals surface area contributed by atoms with Gasteiger partial charge in [0.05, 0.1) is 12.4 Å². The van der Waals surface area contributed by atoms with Crippen LogP contribution < -0.4 is 14.8 Å². The summed E-state index contributed by atoms with van der Waals surface area (Å²) in [6, 6.07) is 6.95. The van der Waals surface area contributed by atoms with Gasteiger partial charge in [-0.05, 0) is 42.9 Å². The highest BCUT2D eigenvalue weighted by atomic mass is 16.6. The summed E-state index contributed by atoms with van der Waals surface area (Å²) in [7, 11) is 1.90. The number of guanidine groups is 1. The Morgan fingerprint density at radius 2 is 2.03 bits per heavy atom. The van der Waals surface area contributed by atoms with Gasteiger partial charge in [0, 0.05) is 44.5 Å². The standard InChI is InChI=1S/C25H35N5O2/c1-19-7-11-29(16-21(19)30-12-10-27-18-30)24(26-2)28-17-25(8-3-4-9-25)20-5-6-22-23(15-20)32-14-13-31-22/h5-6,10,12,15,18-19,21H,3-4,7-9,11,13-14,16-17H2,1-2H3,(H,26,28). The maximum Gasteiger partial charge on any atom is 0.193 e. The molecular weight excluding hydrogens is 402 g/mol. The molecule has 5 rings (SSSR count). The molecule has 1 aromatic heterocycles. The van der Waals surface area contributed by atoms with Crippen molar-refractivity contribution >= 4 is 5.96 Å². The second-order valence-corrected chi connectivity index (χ2v) is 9.54. The third kappa shape index (κ3) is 4.05. The highest BCUT2D eigenvalue weighted by molar-refractivity contribution is 5.80. The van der Waals surface area contributed by atoms with Crippen LogP contribution in [0.4, 0.5) is 0 Å². The molecular formula is C25H35N5O2. The zero-order valence-corrected chi connectivity index (χ0v) is 19.3. The lowest BCUT2D eigenvalue weighted by molar-refractivity contribution is 0.171. The number of nitrogens with one attached hydrogen (secondary N) is 1. The van der Waals surface area contributed by atoms with E-state index in [1.165, 1.54) is 31.2 Å². The lowest BCUT2D eigenvalue weighted by Gasteiger charge is -2.40. The molecule has 1 saturated carbocycles. The van der Waals surface area contributed by atoms with Crippen molar-refractivity contribution in [3.8, 4) is 11.5 Å². The van der Waals surface area contributed by atoms with Gasteiger partial charge in [-0.2, -0.15) is 0 Å². The van der Waals surface area contributed by atoms with Crippen LogP contribution in [0.15, 0.2) is 41.9 Å². The molecule has 2 unspecified atom stereocenters. The summed E-state index contributed by atoms with van der Waals surface area (Å²) in [5.41, 5.74) is 1.46. The van der Waals surface area contributed by atoms with Crippen molar-refractivity contribution in [1.82, 2.24) is 19.8 Å². The maximum atomic E-state index is 5.88. The number of benzene rings is 1. The minimum atomic E-state index is 0.110. The first kappa shape index (κ1) is 21.2. The summed E-state index contributed by atoms with van der Waals surface area (Å²) in [5.74, 6) is 3.38. The van der Waals surface area contributed by atoms with E-state index in [2.05, 4.69) is 56.1 Å². The molecule has 0 bridgehead atoms. The molecule has 3 aliphatic rings. The van der Waals surface area contributed by atoms with Crippen LogP contribution in [0.1, 0.15) is 50.6 Å². The number of piperidine rings is 1. The molecule has 172 valence electrons. The zero-order valence-electron chi connectivity index (χ0n) is 19.3. The minimum absolute atomic E-state index is 0.110. The summed E-state index contributed by atoms with van der Waals surface area (Å²) >= 11 is 0. The van der Waals surface area contributed by atoms with E-state index in [-0.39, 0.29) is 5.41 Å². The van der Waals surface area contributed by atoms with Crippen LogP contribution in [0.5, 0.6) is 11.5 Å². The fraction of sp³-hybridized carbons (Fsp3) is 0.600. The van der Waals surface area contributed by atoms with Gasteiger partial charge in [-0.15, -0.1) is 0 Å². The first-order valence-electron chi connectivity index (χ1n) is 12.0. The highest BCUT2D eigenvalue weighted by Crippen LogP contribution is 2.44. The van der Waals surface area contributed by atoms with Crippen LogP contribution in [0.25, 0.3) is 0 Å². The number of imidazole rings is 1. The third-order valence-corrected chi connectivity index (χ3v) is 7.64. The third-order valence-electron chi connectivity index (χ3n) is 7.64. The molecule has 1 saturated heterocycles. The number of aromatic nitrogens is 2. The summed E-state index contributed by atoms with van der Waals surface area (Å²) in [6.45, 7) is 6.47. The topological polar surface area (TPSA) is 63.9 Å². The average Bonchev–Trinajstić information content (AvgIpc) is 3.53. The predicted molar refractivity (Wildman–Crippen MR) is 126 cm³/mol. The Morgan fingerprint density at radius 3 is 2.78 bits per heavy atom. The summed E-state index contributed by atoms with van der Waals surface area (Å²) in [5, 5.41) is 3.76. The van der Waals surface area contributed by atoms with E-state index in [0.29, 0.717) is 25.2 Å². The monoisotopic (exact) mass is 437 g/mol. The first-order chi connectivity index (χ1) is 15.7.